The van der Waals surface area contributed by atoms with Crippen LogP contribution in [0.1, 0.15) is 21.6 Å². The molecule has 1 aromatic heterocycles. The van der Waals surface area contributed by atoms with E-state index in [9.17, 15) is 14.0 Å². The number of amides is 2. The van der Waals surface area contributed by atoms with E-state index in [4.69, 9.17) is 11.6 Å². The third-order valence-corrected chi connectivity index (χ3v) is 4.31. The number of carbonyl (C=O) groups is 2. The van der Waals surface area contributed by atoms with E-state index < -0.39 is 17.6 Å². The second-order valence-corrected chi connectivity index (χ2v) is 6.38. The molecule has 0 bridgehead atoms. The van der Waals surface area contributed by atoms with Gasteiger partial charge in [-0.25, -0.2) is 14.5 Å². The Morgan fingerprint density at radius 1 is 1.17 bits per heavy atom. The zero-order valence-corrected chi connectivity index (χ0v) is 16.2. The molecule has 0 aliphatic rings. The maximum Gasteiger partial charge on any atom is 0.259 e. The number of nitrogens with zero attached hydrogens (tertiary/aromatic N) is 3. The van der Waals surface area contributed by atoms with Gasteiger partial charge in [0, 0.05) is 5.56 Å². The number of aryl methyl sites for hydroxylation is 1. The smallest absolute Gasteiger partial charge is 0.259 e. The van der Waals surface area contributed by atoms with Crippen LogP contribution in [0.2, 0.25) is 5.15 Å². The van der Waals surface area contributed by atoms with Crippen LogP contribution in [0.25, 0.3) is 5.69 Å². The maximum absolute atomic E-state index is 12.9. The normalized spacial score (nSPS) is 10.9. The van der Waals surface area contributed by atoms with Crippen molar-refractivity contribution in [3.63, 3.8) is 0 Å². The Morgan fingerprint density at radius 2 is 1.86 bits per heavy atom. The Labute approximate surface area is 171 Å². The Balaban J connectivity index is 1.57. The van der Waals surface area contributed by atoms with Gasteiger partial charge in [0.05, 0.1) is 29.7 Å². The first-order valence-corrected chi connectivity index (χ1v) is 8.99. The van der Waals surface area contributed by atoms with Gasteiger partial charge in [-0.2, -0.15) is 10.2 Å². The average molecular weight is 414 g/mol. The molecule has 0 spiro atoms. The van der Waals surface area contributed by atoms with E-state index in [2.05, 4.69) is 20.9 Å². The number of hydrazone groups is 1. The van der Waals surface area contributed by atoms with Crippen LogP contribution in [0.3, 0.4) is 0 Å². The average Bonchev–Trinajstić information content (AvgIpc) is 3.01. The van der Waals surface area contributed by atoms with E-state index in [1.54, 1.807) is 11.6 Å². The second-order valence-electron chi connectivity index (χ2n) is 6.02. The number of hydrogen-bond donors (Lipinski definition) is 2. The lowest BCUT2D eigenvalue weighted by Crippen LogP contribution is -2.34. The van der Waals surface area contributed by atoms with Gasteiger partial charge in [-0.3, -0.25) is 9.59 Å². The van der Waals surface area contributed by atoms with Crippen molar-refractivity contribution in [1.82, 2.24) is 20.5 Å². The van der Waals surface area contributed by atoms with Gasteiger partial charge in [-0.05, 0) is 43.3 Å². The van der Waals surface area contributed by atoms with Gasteiger partial charge in [0.1, 0.15) is 11.0 Å². The van der Waals surface area contributed by atoms with Crippen LogP contribution >= 0.6 is 11.6 Å². The summed E-state index contributed by atoms with van der Waals surface area (Å²) in [6, 6.07) is 14.4. The highest BCUT2D eigenvalue weighted by atomic mass is 35.5. The van der Waals surface area contributed by atoms with Crippen molar-refractivity contribution in [2.75, 3.05) is 6.54 Å². The number of benzene rings is 2. The zero-order chi connectivity index (χ0) is 20.8. The van der Waals surface area contributed by atoms with Crippen molar-refractivity contribution in [1.29, 1.82) is 0 Å². The molecule has 1 heterocycles. The highest BCUT2D eigenvalue weighted by Gasteiger charge is 2.13. The number of hydrogen-bond acceptors (Lipinski definition) is 4. The molecule has 29 heavy (non-hydrogen) atoms. The van der Waals surface area contributed by atoms with Gasteiger partial charge in [0.25, 0.3) is 11.8 Å². The molecule has 0 fully saturated rings. The summed E-state index contributed by atoms with van der Waals surface area (Å²) in [6.45, 7) is 1.49. The molecule has 3 rings (SSSR count). The van der Waals surface area contributed by atoms with Crippen LogP contribution in [-0.2, 0) is 4.79 Å². The van der Waals surface area contributed by atoms with E-state index in [1.165, 1.54) is 30.5 Å². The Morgan fingerprint density at radius 3 is 2.55 bits per heavy atom. The third-order valence-electron chi connectivity index (χ3n) is 3.95. The van der Waals surface area contributed by atoms with Crippen molar-refractivity contribution < 1.29 is 14.0 Å². The fourth-order valence-corrected chi connectivity index (χ4v) is 2.79. The van der Waals surface area contributed by atoms with Crippen molar-refractivity contribution >= 4 is 29.6 Å². The highest BCUT2D eigenvalue weighted by molar-refractivity contribution is 6.32. The molecule has 7 nitrogen and oxygen atoms in total. The molecule has 0 aliphatic heterocycles. The minimum atomic E-state index is -0.527. The summed E-state index contributed by atoms with van der Waals surface area (Å²) >= 11 is 6.37. The summed E-state index contributed by atoms with van der Waals surface area (Å²) in [4.78, 5) is 23.8. The van der Waals surface area contributed by atoms with Crippen molar-refractivity contribution in [2.45, 2.75) is 6.92 Å². The van der Waals surface area contributed by atoms with E-state index in [1.807, 2.05) is 30.3 Å². The molecule has 0 aliphatic carbocycles. The molecule has 0 saturated heterocycles. The molecule has 148 valence electrons. The quantitative estimate of drug-likeness (QED) is 0.481. The lowest BCUT2D eigenvalue weighted by atomic mass is 10.2. The molecule has 2 amide bonds. The lowest BCUT2D eigenvalue weighted by molar-refractivity contribution is -0.120. The van der Waals surface area contributed by atoms with Gasteiger partial charge in [0.15, 0.2) is 0 Å². The fraction of sp³-hybridized carbons (Fsp3) is 0.100. The van der Waals surface area contributed by atoms with Gasteiger partial charge in [-0.15, -0.1) is 0 Å². The zero-order valence-electron chi connectivity index (χ0n) is 15.4. The number of carbonyl (C=O) groups excluding carboxylic acids is 2. The van der Waals surface area contributed by atoms with Crippen LogP contribution in [-0.4, -0.2) is 34.4 Å². The summed E-state index contributed by atoms with van der Waals surface area (Å²) in [6.07, 6.45) is 1.39. The van der Waals surface area contributed by atoms with Gasteiger partial charge >= 0.3 is 0 Å². The molecular formula is C20H17ClFN5O2. The van der Waals surface area contributed by atoms with E-state index in [0.29, 0.717) is 16.4 Å². The number of nitrogens with one attached hydrogen (secondary N) is 2. The molecule has 2 aromatic carbocycles. The number of rotatable bonds is 6. The predicted molar refractivity (Wildman–Crippen MR) is 108 cm³/mol. The summed E-state index contributed by atoms with van der Waals surface area (Å²) in [7, 11) is 0. The summed E-state index contributed by atoms with van der Waals surface area (Å²) < 4.78 is 14.4. The number of halogens is 2. The Bertz CT molecular complexity index is 1050. The lowest BCUT2D eigenvalue weighted by Gasteiger charge is -2.04. The molecule has 2 N–H and O–H groups in total. The molecule has 0 radical (unpaired) electrons. The predicted octanol–water partition coefficient (Wildman–Crippen LogP) is 2.85. The first kappa shape index (κ1) is 20.2. The third kappa shape index (κ3) is 5.05. The standard InChI is InChI=1S/C20H17ClFN5O2/c1-13-17(19(21)27(26-13)16-5-3-2-4-6-16)11-24-25-18(28)12-23-20(29)14-7-9-15(22)10-8-14/h2-11H,12H2,1H3,(H,23,29)(H,25,28)/b24-11-. The van der Waals surface area contributed by atoms with Crippen LogP contribution in [0.4, 0.5) is 4.39 Å². The fourth-order valence-electron chi connectivity index (χ4n) is 2.47. The molecule has 0 atom stereocenters. The largest absolute Gasteiger partial charge is 0.343 e. The monoisotopic (exact) mass is 413 g/mol. The molecular weight excluding hydrogens is 397 g/mol. The van der Waals surface area contributed by atoms with Crippen molar-refractivity contribution in [2.24, 2.45) is 5.10 Å². The molecule has 9 heteroatoms. The Hall–Kier alpha value is -3.52. The van der Waals surface area contributed by atoms with Gasteiger partial charge < -0.3 is 5.32 Å². The SMILES string of the molecule is Cc1nn(-c2ccccc2)c(Cl)c1/C=N\NC(=O)CNC(=O)c1ccc(F)cc1. The first-order chi connectivity index (χ1) is 14.0. The molecule has 0 unspecified atom stereocenters. The van der Waals surface area contributed by atoms with E-state index in [0.717, 1.165) is 5.69 Å². The van der Waals surface area contributed by atoms with Crippen LogP contribution in [0.5, 0.6) is 0 Å². The molecule has 0 saturated carbocycles. The summed E-state index contributed by atoms with van der Waals surface area (Å²) in [5, 5.41) is 11.0. The number of para-hydroxylation sites is 1. The second kappa shape index (κ2) is 9.11. The van der Waals surface area contributed by atoms with E-state index in [-0.39, 0.29) is 12.1 Å². The highest BCUT2D eigenvalue weighted by Crippen LogP contribution is 2.21. The van der Waals surface area contributed by atoms with Crippen LogP contribution in [0, 0.1) is 12.7 Å². The van der Waals surface area contributed by atoms with E-state index >= 15 is 0 Å². The van der Waals surface area contributed by atoms with Gasteiger partial charge in [-0.1, -0.05) is 29.8 Å². The topological polar surface area (TPSA) is 88.4 Å². The van der Waals surface area contributed by atoms with Crippen molar-refractivity contribution in [3.05, 3.63) is 82.4 Å². The maximum atomic E-state index is 12.9. The minimum Gasteiger partial charge on any atom is -0.343 e. The molecule has 3 aromatic rings. The van der Waals surface area contributed by atoms with Crippen molar-refractivity contribution in [3.8, 4) is 5.69 Å². The Kier molecular flexibility index (Phi) is 6.36. The van der Waals surface area contributed by atoms with Crippen LogP contribution in [0.15, 0.2) is 59.7 Å². The first-order valence-electron chi connectivity index (χ1n) is 8.62. The minimum absolute atomic E-state index is 0.249. The van der Waals surface area contributed by atoms with Gasteiger partial charge in [0.2, 0.25) is 0 Å². The van der Waals surface area contributed by atoms with Crippen LogP contribution < -0.4 is 10.7 Å². The summed E-state index contributed by atoms with van der Waals surface area (Å²) in [5.41, 5.74) is 4.56. The number of aromatic nitrogens is 2. The summed E-state index contributed by atoms with van der Waals surface area (Å²) in [5.74, 6) is -1.47.